The Morgan fingerprint density at radius 2 is 1.68 bits per heavy atom. The third-order valence-corrected chi connectivity index (χ3v) is 3.62. The van der Waals surface area contributed by atoms with Crippen LogP contribution in [0.2, 0.25) is 10.0 Å². The highest BCUT2D eigenvalue weighted by atomic mass is 35.5. The maximum atomic E-state index is 13.5. The number of hydrogen-bond donors (Lipinski definition) is 0. The van der Waals surface area contributed by atoms with Gasteiger partial charge in [-0.1, -0.05) is 23.2 Å². The van der Waals surface area contributed by atoms with Gasteiger partial charge in [0.1, 0.15) is 5.82 Å². The van der Waals surface area contributed by atoms with Crippen LogP contribution in [0.5, 0.6) is 0 Å². The lowest BCUT2D eigenvalue weighted by Crippen LogP contribution is -2.31. The maximum absolute atomic E-state index is 13.5. The largest absolute Gasteiger partial charge is 0.308 e. The second kappa shape index (κ2) is 6.58. The van der Waals surface area contributed by atoms with E-state index in [9.17, 15) is 18.0 Å². The van der Waals surface area contributed by atoms with Crippen LogP contribution in [0.15, 0.2) is 30.3 Å². The number of benzene rings is 2. The molecule has 0 aromatic heterocycles. The number of carbonyl (C=O) groups excluding carboxylic acids is 1. The average molecular weight is 348 g/mol. The summed E-state index contributed by atoms with van der Waals surface area (Å²) in [5, 5.41) is -0.241. The van der Waals surface area contributed by atoms with Gasteiger partial charge in [-0.3, -0.25) is 4.79 Å². The lowest BCUT2D eigenvalue weighted by atomic mass is 10.1. The Bertz CT molecular complexity index is 737. The summed E-state index contributed by atoms with van der Waals surface area (Å²) in [5.74, 6) is -3.55. The predicted molar refractivity (Wildman–Crippen MR) is 80.1 cm³/mol. The molecule has 116 valence electrons. The summed E-state index contributed by atoms with van der Waals surface area (Å²) < 4.78 is 39.8. The molecule has 7 heteroatoms. The molecule has 0 N–H and O–H groups in total. The molecule has 22 heavy (non-hydrogen) atoms. The molecule has 0 spiro atoms. The minimum absolute atomic E-state index is 0.0302. The summed E-state index contributed by atoms with van der Waals surface area (Å²) >= 11 is 11.5. The Labute approximate surface area is 135 Å². The van der Waals surface area contributed by atoms with Crippen molar-refractivity contribution < 1.29 is 18.0 Å². The number of rotatable bonds is 3. The van der Waals surface area contributed by atoms with Crippen LogP contribution in [0.3, 0.4) is 0 Å². The number of carbonyl (C=O) groups is 1. The molecule has 0 atom stereocenters. The molecule has 0 heterocycles. The topological polar surface area (TPSA) is 20.3 Å². The quantitative estimate of drug-likeness (QED) is 0.709. The van der Waals surface area contributed by atoms with E-state index in [1.165, 1.54) is 6.07 Å². The summed E-state index contributed by atoms with van der Waals surface area (Å²) in [6.45, 7) is 1.80. The van der Waals surface area contributed by atoms with E-state index < -0.39 is 23.4 Å². The van der Waals surface area contributed by atoms with Crippen LogP contribution in [0.4, 0.5) is 18.9 Å². The van der Waals surface area contributed by atoms with Gasteiger partial charge >= 0.3 is 0 Å². The predicted octanol–water partition coefficient (Wildman–Crippen LogP) is 5.08. The number of amides is 1. The zero-order chi connectivity index (χ0) is 16.4. The van der Waals surface area contributed by atoms with Crippen molar-refractivity contribution in [1.82, 2.24) is 0 Å². The molecule has 1 amide bonds. The molecule has 0 aliphatic heterocycles. The van der Waals surface area contributed by atoms with Crippen molar-refractivity contribution in [2.24, 2.45) is 0 Å². The third-order valence-electron chi connectivity index (χ3n) is 3.02. The fourth-order valence-corrected chi connectivity index (χ4v) is 2.39. The third kappa shape index (κ3) is 3.20. The van der Waals surface area contributed by atoms with E-state index in [1.807, 2.05) is 0 Å². The van der Waals surface area contributed by atoms with Gasteiger partial charge in [0, 0.05) is 18.3 Å². The fourth-order valence-electron chi connectivity index (χ4n) is 1.93. The van der Waals surface area contributed by atoms with Gasteiger partial charge in [0.2, 0.25) is 0 Å². The van der Waals surface area contributed by atoms with E-state index in [0.29, 0.717) is 0 Å². The van der Waals surface area contributed by atoms with Crippen molar-refractivity contribution in [1.29, 1.82) is 0 Å². The molecule has 0 saturated carbocycles. The monoisotopic (exact) mass is 347 g/mol. The van der Waals surface area contributed by atoms with E-state index in [0.717, 1.165) is 29.2 Å². The molecule has 0 aliphatic carbocycles. The van der Waals surface area contributed by atoms with Crippen LogP contribution in [0, 0.1) is 17.5 Å². The second-order valence-electron chi connectivity index (χ2n) is 4.39. The molecule has 0 aliphatic rings. The highest BCUT2D eigenvalue weighted by molar-refractivity contribution is 6.37. The molecule has 0 fully saturated rings. The van der Waals surface area contributed by atoms with Crippen molar-refractivity contribution in [3.63, 3.8) is 0 Å². The van der Waals surface area contributed by atoms with Gasteiger partial charge in [-0.2, -0.15) is 0 Å². The Balaban J connectivity index is 2.45. The Hall–Kier alpha value is -1.72. The molecule has 2 rings (SSSR count). The Morgan fingerprint density at radius 3 is 2.27 bits per heavy atom. The minimum atomic E-state index is -1.09. The smallest absolute Gasteiger partial charge is 0.259 e. The first-order chi connectivity index (χ1) is 10.3. The van der Waals surface area contributed by atoms with Crippen molar-refractivity contribution in [3.8, 4) is 0 Å². The van der Waals surface area contributed by atoms with Crippen molar-refractivity contribution in [3.05, 3.63) is 63.4 Å². The van der Waals surface area contributed by atoms with Gasteiger partial charge in [0.15, 0.2) is 11.6 Å². The summed E-state index contributed by atoms with van der Waals surface area (Å²) in [5.41, 5.74) is 0.0213. The normalized spacial score (nSPS) is 10.6. The Kier molecular flexibility index (Phi) is 4.98. The van der Waals surface area contributed by atoms with Crippen molar-refractivity contribution in [2.45, 2.75) is 6.92 Å². The van der Waals surface area contributed by atoms with E-state index >= 15 is 0 Å². The minimum Gasteiger partial charge on any atom is -0.308 e. The molecule has 0 radical (unpaired) electrons. The number of hydrogen-bond acceptors (Lipinski definition) is 1. The SMILES string of the molecule is CCN(C(=O)c1cc(F)c(Cl)cc1Cl)c1ccc(F)c(F)c1. The summed E-state index contributed by atoms with van der Waals surface area (Å²) in [6.07, 6.45) is 0. The summed E-state index contributed by atoms with van der Waals surface area (Å²) in [4.78, 5) is 13.6. The van der Waals surface area contributed by atoms with E-state index in [-0.39, 0.29) is 27.8 Å². The average Bonchev–Trinajstić information content (AvgIpc) is 2.47. The standard InChI is InChI=1S/C15H10Cl2F3NO/c1-2-21(8-3-4-12(18)14(20)5-8)15(22)9-6-13(19)11(17)7-10(9)16/h3-7H,2H2,1H3. The van der Waals surface area contributed by atoms with Gasteiger partial charge in [0.05, 0.1) is 15.6 Å². The molecular formula is C15H10Cl2F3NO. The van der Waals surface area contributed by atoms with Gasteiger partial charge in [-0.25, -0.2) is 13.2 Å². The summed E-state index contributed by atoms with van der Waals surface area (Å²) in [7, 11) is 0. The number of nitrogens with zero attached hydrogens (tertiary/aromatic N) is 1. The van der Waals surface area contributed by atoms with Gasteiger partial charge < -0.3 is 4.90 Å². The second-order valence-corrected chi connectivity index (χ2v) is 5.21. The number of halogens is 5. The van der Waals surface area contributed by atoms with Crippen molar-refractivity contribution in [2.75, 3.05) is 11.4 Å². The lowest BCUT2D eigenvalue weighted by Gasteiger charge is -2.22. The molecule has 0 unspecified atom stereocenters. The van der Waals surface area contributed by atoms with Crippen LogP contribution in [-0.2, 0) is 0 Å². The molecule has 0 bridgehead atoms. The molecule has 2 aromatic rings. The van der Waals surface area contributed by atoms with Crippen LogP contribution in [0.1, 0.15) is 17.3 Å². The lowest BCUT2D eigenvalue weighted by molar-refractivity contribution is 0.0988. The molecular weight excluding hydrogens is 338 g/mol. The highest BCUT2D eigenvalue weighted by Crippen LogP contribution is 2.27. The first-order valence-corrected chi connectivity index (χ1v) is 7.02. The Morgan fingerprint density at radius 1 is 1.00 bits per heavy atom. The summed E-state index contributed by atoms with van der Waals surface area (Å²) in [6, 6.07) is 5.07. The van der Waals surface area contributed by atoms with E-state index in [4.69, 9.17) is 23.2 Å². The first-order valence-electron chi connectivity index (χ1n) is 6.26. The van der Waals surface area contributed by atoms with Crippen LogP contribution >= 0.6 is 23.2 Å². The van der Waals surface area contributed by atoms with Gasteiger partial charge in [0.25, 0.3) is 5.91 Å². The zero-order valence-corrected chi connectivity index (χ0v) is 12.9. The molecule has 2 nitrogen and oxygen atoms in total. The zero-order valence-electron chi connectivity index (χ0n) is 11.3. The fraction of sp³-hybridized carbons (Fsp3) is 0.133. The van der Waals surface area contributed by atoms with Crippen molar-refractivity contribution >= 4 is 34.8 Å². The van der Waals surface area contributed by atoms with Crippen LogP contribution in [-0.4, -0.2) is 12.5 Å². The first kappa shape index (κ1) is 16.6. The number of anilines is 1. The van der Waals surface area contributed by atoms with Crippen LogP contribution < -0.4 is 4.90 Å². The van der Waals surface area contributed by atoms with Gasteiger partial charge in [-0.05, 0) is 31.2 Å². The maximum Gasteiger partial charge on any atom is 0.259 e. The molecule has 2 aromatic carbocycles. The van der Waals surface area contributed by atoms with E-state index in [2.05, 4.69) is 0 Å². The highest BCUT2D eigenvalue weighted by Gasteiger charge is 2.21. The molecule has 0 saturated heterocycles. The van der Waals surface area contributed by atoms with E-state index in [1.54, 1.807) is 6.92 Å². The van der Waals surface area contributed by atoms with Crippen LogP contribution in [0.25, 0.3) is 0 Å². The van der Waals surface area contributed by atoms with Gasteiger partial charge in [-0.15, -0.1) is 0 Å².